The first-order valence-electron chi connectivity index (χ1n) is 10.6. The molecule has 3 N–H and O–H groups in total. The van der Waals surface area contributed by atoms with E-state index >= 15 is 0 Å². The third-order valence-electron chi connectivity index (χ3n) is 6.29. The molecule has 8 nitrogen and oxygen atoms in total. The third kappa shape index (κ3) is 4.42. The summed E-state index contributed by atoms with van der Waals surface area (Å²) in [5.41, 5.74) is 0.397. The van der Waals surface area contributed by atoms with Gasteiger partial charge in [-0.15, -0.1) is 11.8 Å². The van der Waals surface area contributed by atoms with E-state index in [1.54, 1.807) is 25.2 Å². The maximum absolute atomic E-state index is 14.5. The van der Waals surface area contributed by atoms with E-state index in [0.29, 0.717) is 5.56 Å². The van der Waals surface area contributed by atoms with E-state index in [1.165, 1.54) is 29.8 Å². The molecule has 1 aliphatic carbocycles. The molecule has 10 heteroatoms. The average molecular weight is 450 g/mol. The first kappa shape index (κ1) is 22.0. The van der Waals surface area contributed by atoms with Crippen molar-refractivity contribution in [1.29, 1.82) is 0 Å². The van der Waals surface area contributed by atoms with E-state index in [2.05, 4.69) is 16.0 Å². The molecule has 3 aliphatic rings. The van der Waals surface area contributed by atoms with Gasteiger partial charge in [-0.1, -0.05) is 31.0 Å². The Morgan fingerprint density at radius 2 is 1.90 bits per heavy atom. The van der Waals surface area contributed by atoms with E-state index in [0.717, 1.165) is 30.6 Å². The van der Waals surface area contributed by atoms with Crippen molar-refractivity contribution < 1.29 is 18.8 Å². The summed E-state index contributed by atoms with van der Waals surface area (Å²) in [6, 6.07) is 6.18. The van der Waals surface area contributed by atoms with Crippen LogP contribution < -0.4 is 16.0 Å². The third-order valence-corrected chi connectivity index (χ3v) is 7.50. The van der Waals surface area contributed by atoms with Gasteiger partial charge >= 0.3 is 6.03 Å². The van der Waals surface area contributed by atoms with Crippen LogP contribution in [-0.2, 0) is 9.59 Å². The van der Waals surface area contributed by atoms with Crippen LogP contribution in [0.1, 0.15) is 37.4 Å². The number of carbonyl (C=O) groups is 3. The fourth-order valence-electron chi connectivity index (χ4n) is 4.59. The number of rotatable bonds is 5. The summed E-state index contributed by atoms with van der Waals surface area (Å²) in [7, 11) is 3.07. The number of carbonyl (C=O) groups excluding carboxylic acids is 3. The van der Waals surface area contributed by atoms with Crippen molar-refractivity contribution >= 4 is 29.6 Å². The van der Waals surface area contributed by atoms with E-state index < -0.39 is 29.7 Å². The molecule has 3 fully saturated rings. The first-order chi connectivity index (χ1) is 14.9. The predicted molar refractivity (Wildman–Crippen MR) is 115 cm³/mol. The number of nitrogens with zero attached hydrogens (tertiary/aromatic N) is 2. The minimum atomic E-state index is -0.613. The molecule has 2 heterocycles. The molecule has 1 saturated carbocycles. The van der Waals surface area contributed by atoms with E-state index in [1.807, 2.05) is 0 Å². The van der Waals surface area contributed by atoms with Crippen molar-refractivity contribution in [2.45, 2.75) is 49.4 Å². The van der Waals surface area contributed by atoms with Crippen LogP contribution >= 0.6 is 11.8 Å². The fraction of sp³-hybridized carbons (Fsp3) is 0.571. The second kappa shape index (κ2) is 9.13. The molecule has 0 radical (unpaired) electrons. The standard InChI is InChI=1S/C21H28FN5O3S/c1-26-18-16(20(29)27(2)21(26)30)19(31-11-15(28)23-12-7-3-4-8-12)25-17(24-18)13-9-5-6-10-14(13)22/h5-6,9-10,12,16-19,24-25H,3-4,7-8,11H2,1-2H3,(H,23,28). The summed E-state index contributed by atoms with van der Waals surface area (Å²) in [6.45, 7) is 0. The Hall–Kier alpha value is -2.17. The molecular weight excluding hydrogens is 421 g/mol. The number of amides is 4. The van der Waals surface area contributed by atoms with Crippen molar-refractivity contribution in [3.05, 3.63) is 35.6 Å². The quantitative estimate of drug-likeness (QED) is 0.632. The lowest BCUT2D eigenvalue weighted by Crippen LogP contribution is -2.72. The summed E-state index contributed by atoms with van der Waals surface area (Å²) < 4.78 is 14.5. The maximum Gasteiger partial charge on any atom is 0.327 e. The minimum Gasteiger partial charge on any atom is -0.353 e. The smallest absolute Gasteiger partial charge is 0.327 e. The largest absolute Gasteiger partial charge is 0.353 e. The number of urea groups is 1. The molecule has 0 aromatic heterocycles. The Bertz CT molecular complexity index is 865. The number of fused-ring (bicyclic) bond motifs is 1. The molecule has 4 rings (SSSR count). The van der Waals surface area contributed by atoms with Crippen LogP contribution in [0.25, 0.3) is 0 Å². The summed E-state index contributed by atoms with van der Waals surface area (Å²) in [6.07, 6.45) is 3.03. The number of thioether (sulfide) groups is 1. The van der Waals surface area contributed by atoms with Crippen molar-refractivity contribution in [2.24, 2.45) is 5.92 Å². The van der Waals surface area contributed by atoms with Crippen molar-refractivity contribution in [3.63, 3.8) is 0 Å². The Labute approximate surface area is 185 Å². The van der Waals surface area contributed by atoms with Crippen LogP contribution in [0.4, 0.5) is 9.18 Å². The molecular formula is C21H28FN5O3S. The lowest BCUT2D eigenvalue weighted by atomic mass is 9.96. The molecule has 4 amide bonds. The topological polar surface area (TPSA) is 93.8 Å². The monoisotopic (exact) mass is 449 g/mol. The summed E-state index contributed by atoms with van der Waals surface area (Å²) >= 11 is 1.32. The molecule has 168 valence electrons. The Balaban J connectivity index is 1.54. The second-order valence-electron chi connectivity index (χ2n) is 8.33. The maximum atomic E-state index is 14.5. The number of imide groups is 1. The van der Waals surface area contributed by atoms with Gasteiger partial charge in [-0.3, -0.25) is 25.1 Å². The molecule has 1 aromatic rings. The van der Waals surface area contributed by atoms with Gasteiger partial charge in [0.25, 0.3) is 0 Å². The van der Waals surface area contributed by atoms with Crippen molar-refractivity contribution in [3.8, 4) is 0 Å². The van der Waals surface area contributed by atoms with E-state index in [9.17, 15) is 18.8 Å². The van der Waals surface area contributed by atoms with Gasteiger partial charge in [0.15, 0.2) is 0 Å². The SMILES string of the molecule is CN1C(=O)C2C(SCC(=O)NC3CCCC3)NC(c3ccccc3F)NC2N(C)C1=O. The lowest BCUT2D eigenvalue weighted by molar-refractivity contribution is -0.140. The second-order valence-corrected chi connectivity index (χ2v) is 9.46. The van der Waals surface area contributed by atoms with Crippen LogP contribution in [-0.4, -0.2) is 65.1 Å². The van der Waals surface area contributed by atoms with Crippen LogP contribution in [0.15, 0.2) is 24.3 Å². The molecule has 4 atom stereocenters. The number of hydrogen-bond acceptors (Lipinski definition) is 6. The Morgan fingerprint density at radius 1 is 1.19 bits per heavy atom. The fourth-order valence-corrected chi connectivity index (χ4v) is 5.71. The average Bonchev–Trinajstić information content (AvgIpc) is 3.27. The molecule has 2 aliphatic heterocycles. The zero-order valence-electron chi connectivity index (χ0n) is 17.6. The molecule has 31 heavy (non-hydrogen) atoms. The van der Waals surface area contributed by atoms with E-state index in [-0.39, 0.29) is 29.4 Å². The van der Waals surface area contributed by atoms with Gasteiger partial charge in [0.1, 0.15) is 5.82 Å². The van der Waals surface area contributed by atoms with Crippen LogP contribution in [0.2, 0.25) is 0 Å². The highest BCUT2D eigenvalue weighted by Gasteiger charge is 2.51. The van der Waals surface area contributed by atoms with Gasteiger partial charge in [0.2, 0.25) is 11.8 Å². The van der Waals surface area contributed by atoms with Gasteiger partial charge in [0, 0.05) is 25.7 Å². The summed E-state index contributed by atoms with van der Waals surface area (Å²) in [5.74, 6) is -1.22. The van der Waals surface area contributed by atoms with Crippen molar-refractivity contribution in [2.75, 3.05) is 19.8 Å². The van der Waals surface area contributed by atoms with Crippen LogP contribution in [0.5, 0.6) is 0 Å². The van der Waals surface area contributed by atoms with Gasteiger partial charge in [0.05, 0.1) is 29.4 Å². The molecule has 2 saturated heterocycles. The highest BCUT2D eigenvalue weighted by atomic mass is 32.2. The zero-order chi connectivity index (χ0) is 22.1. The zero-order valence-corrected chi connectivity index (χ0v) is 18.5. The number of benzene rings is 1. The van der Waals surface area contributed by atoms with Crippen molar-refractivity contribution in [1.82, 2.24) is 25.8 Å². The van der Waals surface area contributed by atoms with Gasteiger partial charge in [-0.25, -0.2) is 9.18 Å². The number of halogens is 1. The number of hydrogen-bond donors (Lipinski definition) is 3. The molecule has 0 bridgehead atoms. The minimum absolute atomic E-state index is 0.0720. The Kier molecular flexibility index (Phi) is 6.49. The summed E-state index contributed by atoms with van der Waals surface area (Å²) in [4.78, 5) is 40.5. The van der Waals surface area contributed by atoms with Gasteiger partial charge in [-0.2, -0.15) is 0 Å². The summed E-state index contributed by atoms with van der Waals surface area (Å²) in [5, 5.41) is 9.08. The van der Waals surface area contributed by atoms with E-state index in [4.69, 9.17) is 0 Å². The first-order valence-corrected chi connectivity index (χ1v) is 11.6. The van der Waals surface area contributed by atoms with Gasteiger partial charge < -0.3 is 10.2 Å². The number of nitrogens with one attached hydrogen (secondary N) is 3. The molecule has 0 spiro atoms. The molecule has 1 aromatic carbocycles. The highest BCUT2D eigenvalue weighted by Crippen LogP contribution is 2.34. The predicted octanol–water partition coefficient (Wildman–Crippen LogP) is 1.60. The Morgan fingerprint density at radius 3 is 2.61 bits per heavy atom. The lowest BCUT2D eigenvalue weighted by Gasteiger charge is -2.50. The molecule has 4 unspecified atom stereocenters. The van der Waals surface area contributed by atoms with Crippen LogP contribution in [0, 0.1) is 11.7 Å². The highest BCUT2D eigenvalue weighted by molar-refractivity contribution is 8.00. The van der Waals surface area contributed by atoms with Crippen LogP contribution in [0.3, 0.4) is 0 Å². The van der Waals surface area contributed by atoms with Gasteiger partial charge in [-0.05, 0) is 18.9 Å². The normalized spacial score (nSPS) is 29.3.